The molecule has 0 saturated carbocycles. The maximum absolute atomic E-state index is 13.5. The fraction of sp³-hybridized carbons (Fsp3) is 0.250. The van der Waals surface area contributed by atoms with Crippen molar-refractivity contribution in [3.8, 4) is 5.75 Å². The Balaban J connectivity index is 1.72. The lowest BCUT2D eigenvalue weighted by Crippen LogP contribution is -2.52. The van der Waals surface area contributed by atoms with Gasteiger partial charge in [0.25, 0.3) is 17.7 Å². The van der Waals surface area contributed by atoms with Gasteiger partial charge in [0.05, 0.1) is 29.5 Å². The predicted octanol–water partition coefficient (Wildman–Crippen LogP) is 4.19. The molecule has 0 N–H and O–H groups in total. The number of benzene rings is 2. The van der Waals surface area contributed by atoms with Crippen LogP contribution < -0.4 is 4.74 Å². The monoisotopic (exact) mass is 486 g/mol. The maximum Gasteiger partial charge on any atom is 0.274 e. The fourth-order valence-corrected chi connectivity index (χ4v) is 4.57. The summed E-state index contributed by atoms with van der Waals surface area (Å²) in [4.78, 5) is 53.0. The number of allylic oxidation sites excluding steroid dienone is 2. The highest BCUT2D eigenvalue weighted by Gasteiger charge is 2.51. The molecule has 0 radical (unpaired) electrons. The first-order chi connectivity index (χ1) is 15.8. The molecule has 0 aromatic heterocycles. The van der Waals surface area contributed by atoms with Crippen molar-refractivity contribution in [2.45, 2.75) is 12.8 Å². The molecule has 2 aromatic rings. The highest BCUT2D eigenvalue weighted by atomic mass is 35.5. The van der Waals surface area contributed by atoms with Crippen LogP contribution in [0.25, 0.3) is 0 Å². The minimum Gasteiger partial charge on any atom is -0.497 e. The Morgan fingerprint density at radius 3 is 2.30 bits per heavy atom. The van der Waals surface area contributed by atoms with Gasteiger partial charge in [-0.3, -0.25) is 19.2 Å². The molecule has 1 fully saturated rings. The number of ether oxygens (including phenoxy) is 1. The lowest BCUT2D eigenvalue weighted by Gasteiger charge is -2.30. The van der Waals surface area contributed by atoms with Crippen molar-refractivity contribution in [1.29, 1.82) is 0 Å². The summed E-state index contributed by atoms with van der Waals surface area (Å²) in [6.07, 6.45) is 4.50. The zero-order chi connectivity index (χ0) is 23.7. The van der Waals surface area contributed by atoms with Crippen molar-refractivity contribution in [3.05, 3.63) is 75.8 Å². The first-order valence-corrected chi connectivity index (χ1v) is 11.0. The van der Waals surface area contributed by atoms with Crippen molar-refractivity contribution >= 4 is 46.7 Å². The first-order valence-electron chi connectivity index (χ1n) is 10.3. The van der Waals surface area contributed by atoms with E-state index in [2.05, 4.69) is 0 Å². The zero-order valence-electron chi connectivity index (χ0n) is 17.7. The number of ketones is 1. The molecule has 0 spiro atoms. The van der Waals surface area contributed by atoms with Crippen LogP contribution in [-0.2, 0) is 9.59 Å². The fourth-order valence-electron chi connectivity index (χ4n) is 4.08. The van der Waals surface area contributed by atoms with Gasteiger partial charge >= 0.3 is 0 Å². The van der Waals surface area contributed by atoms with E-state index in [9.17, 15) is 19.2 Å². The topological polar surface area (TPSA) is 84.0 Å². The van der Waals surface area contributed by atoms with Gasteiger partial charge in [0.2, 0.25) is 0 Å². The molecule has 170 valence electrons. The summed E-state index contributed by atoms with van der Waals surface area (Å²) in [6.45, 7) is -0.532. The number of hydrazine groups is 1. The van der Waals surface area contributed by atoms with E-state index >= 15 is 0 Å². The second-order valence-corrected chi connectivity index (χ2v) is 8.63. The van der Waals surface area contributed by atoms with Crippen LogP contribution in [0.15, 0.2) is 54.6 Å². The number of hydrogen-bond donors (Lipinski definition) is 0. The summed E-state index contributed by atoms with van der Waals surface area (Å²) in [5.41, 5.74) is 0.292. The third kappa shape index (κ3) is 4.38. The van der Waals surface area contributed by atoms with Crippen LogP contribution in [0.1, 0.15) is 33.6 Å². The standard InChI is InChI=1S/C24H20Cl2N2O5/c1-33-16-6-4-5-14(11-16)21(29)13-27(22(30)19-10-9-15(25)12-20(19)26)28-23(31)17-7-2-3-8-18(17)24(28)32/h2-6,9-12,17-18H,7-8,13H2,1H3/t17-,18-/m0/s1. The number of Topliss-reactive ketones (excluding diaryl/α,β-unsaturated/α-hetero) is 1. The summed E-state index contributed by atoms with van der Waals surface area (Å²) in [7, 11) is 1.47. The number of nitrogens with zero attached hydrogens (tertiary/aromatic N) is 2. The quantitative estimate of drug-likeness (QED) is 0.347. The number of fused-ring (bicyclic) bond motifs is 1. The number of carbonyl (C=O) groups is 4. The van der Waals surface area contributed by atoms with Gasteiger partial charge in [0, 0.05) is 10.6 Å². The SMILES string of the molecule is COc1cccc(C(=O)CN(C(=O)c2ccc(Cl)cc2Cl)N2C(=O)[C@H]3CC=CC[C@@H]3C2=O)c1. The van der Waals surface area contributed by atoms with Gasteiger partial charge in [-0.15, -0.1) is 0 Å². The average molecular weight is 487 g/mol. The molecule has 2 atom stereocenters. The van der Waals surface area contributed by atoms with E-state index in [-0.39, 0.29) is 16.1 Å². The van der Waals surface area contributed by atoms with Crippen LogP contribution in [-0.4, -0.2) is 47.2 Å². The van der Waals surface area contributed by atoms with E-state index in [0.29, 0.717) is 23.6 Å². The van der Waals surface area contributed by atoms with E-state index in [4.69, 9.17) is 27.9 Å². The van der Waals surface area contributed by atoms with Crippen LogP contribution in [0.2, 0.25) is 10.0 Å². The lowest BCUT2D eigenvalue weighted by molar-refractivity contribution is -0.154. The second kappa shape index (κ2) is 9.37. The molecule has 7 nitrogen and oxygen atoms in total. The first kappa shape index (κ1) is 23.0. The van der Waals surface area contributed by atoms with Crippen molar-refractivity contribution < 1.29 is 23.9 Å². The molecule has 0 bridgehead atoms. The molecule has 33 heavy (non-hydrogen) atoms. The Morgan fingerprint density at radius 2 is 1.70 bits per heavy atom. The van der Waals surface area contributed by atoms with E-state index in [1.54, 1.807) is 18.2 Å². The second-order valence-electron chi connectivity index (χ2n) is 7.79. The summed E-state index contributed by atoms with van der Waals surface area (Å²) in [5, 5.41) is 2.07. The summed E-state index contributed by atoms with van der Waals surface area (Å²) in [6, 6.07) is 10.7. The number of methoxy groups -OCH3 is 1. The Bertz CT molecular complexity index is 1150. The molecule has 2 aliphatic rings. The molecule has 1 aliphatic carbocycles. The molecule has 4 rings (SSSR count). The molecule has 1 heterocycles. The van der Waals surface area contributed by atoms with Crippen LogP contribution in [0.4, 0.5) is 0 Å². The van der Waals surface area contributed by atoms with Crippen LogP contribution >= 0.6 is 23.2 Å². The minimum absolute atomic E-state index is 0.0214. The van der Waals surface area contributed by atoms with E-state index in [1.165, 1.54) is 31.4 Å². The van der Waals surface area contributed by atoms with Crippen LogP contribution in [0.5, 0.6) is 5.75 Å². The Hall–Kier alpha value is -3.16. The number of halogens is 2. The lowest BCUT2D eigenvalue weighted by atomic mass is 9.85. The van der Waals surface area contributed by atoms with Crippen molar-refractivity contribution in [3.63, 3.8) is 0 Å². The van der Waals surface area contributed by atoms with Gasteiger partial charge in [-0.05, 0) is 43.2 Å². The van der Waals surface area contributed by atoms with Gasteiger partial charge in [0.1, 0.15) is 12.3 Å². The molecule has 1 aliphatic heterocycles. The number of carbonyl (C=O) groups excluding carboxylic acids is 4. The zero-order valence-corrected chi connectivity index (χ0v) is 19.2. The summed E-state index contributed by atoms with van der Waals surface area (Å²) < 4.78 is 5.16. The molecule has 0 unspecified atom stereocenters. The Kier molecular flexibility index (Phi) is 6.54. The Morgan fingerprint density at radius 1 is 1.03 bits per heavy atom. The van der Waals surface area contributed by atoms with Crippen molar-refractivity contribution in [1.82, 2.24) is 10.0 Å². The van der Waals surface area contributed by atoms with Gasteiger partial charge in [-0.1, -0.05) is 47.5 Å². The van der Waals surface area contributed by atoms with Gasteiger partial charge < -0.3 is 4.74 Å². The maximum atomic E-state index is 13.5. The number of amides is 3. The van der Waals surface area contributed by atoms with Gasteiger partial charge in [0.15, 0.2) is 5.78 Å². The minimum atomic E-state index is -0.749. The van der Waals surface area contributed by atoms with E-state index in [1.807, 2.05) is 12.2 Å². The number of rotatable bonds is 6. The van der Waals surface area contributed by atoms with Gasteiger partial charge in [-0.2, -0.15) is 5.01 Å². The molecule has 2 aromatic carbocycles. The average Bonchev–Trinajstić information content (AvgIpc) is 3.07. The van der Waals surface area contributed by atoms with Crippen molar-refractivity contribution in [2.24, 2.45) is 11.8 Å². The van der Waals surface area contributed by atoms with E-state index in [0.717, 1.165) is 10.0 Å². The van der Waals surface area contributed by atoms with Crippen LogP contribution in [0.3, 0.4) is 0 Å². The molecule has 9 heteroatoms. The molecular formula is C24H20Cl2N2O5. The molecule has 1 saturated heterocycles. The number of hydrogen-bond acceptors (Lipinski definition) is 5. The summed E-state index contributed by atoms with van der Waals surface area (Å²) in [5.74, 6) is -2.90. The highest BCUT2D eigenvalue weighted by molar-refractivity contribution is 6.36. The number of imide groups is 1. The van der Waals surface area contributed by atoms with Crippen molar-refractivity contribution in [2.75, 3.05) is 13.7 Å². The third-order valence-electron chi connectivity index (χ3n) is 5.81. The van der Waals surface area contributed by atoms with Crippen LogP contribution in [0, 0.1) is 11.8 Å². The largest absolute Gasteiger partial charge is 0.497 e. The van der Waals surface area contributed by atoms with E-state index < -0.39 is 41.9 Å². The smallest absolute Gasteiger partial charge is 0.274 e. The predicted molar refractivity (Wildman–Crippen MR) is 122 cm³/mol. The Labute approximate surface area is 200 Å². The molecular weight excluding hydrogens is 467 g/mol. The highest BCUT2D eigenvalue weighted by Crippen LogP contribution is 2.36. The molecule has 3 amide bonds. The summed E-state index contributed by atoms with van der Waals surface area (Å²) >= 11 is 12.2. The normalized spacial score (nSPS) is 19.4. The third-order valence-corrected chi connectivity index (χ3v) is 6.35. The van der Waals surface area contributed by atoms with Gasteiger partial charge in [-0.25, -0.2) is 5.01 Å².